The van der Waals surface area contributed by atoms with Crippen molar-refractivity contribution in [3.8, 4) is 39.4 Å². The largest absolute Gasteiger partial charge is 0.388 e. The van der Waals surface area contributed by atoms with Crippen LogP contribution in [-0.2, 0) is 0 Å². The van der Waals surface area contributed by atoms with Gasteiger partial charge in [-0.3, -0.25) is 0 Å². The highest BCUT2D eigenvalue weighted by atomic mass is 14.8. The van der Waals surface area contributed by atoms with Crippen molar-refractivity contribution in [2.45, 2.75) is 13.8 Å². The monoisotopic (exact) mass is 538 g/mol. The molecule has 7 aromatic carbocycles. The normalized spacial score (nSPS) is 11.2. The Balaban J connectivity index is 1.35. The molecule has 2 heteroatoms. The van der Waals surface area contributed by atoms with Gasteiger partial charge in [0.25, 0.3) is 0 Å². The molecule has 200 valence electrons. The molecule has 42 heavy (non-hydrogen) atoms. The van der Waals surface area contributed by atoms with Gasteiger partial charge in [0.1, 0.15) is 0 Å². The summed E-state index contributed by atoms with van der Waals surface area (Å²) in [6.07, 6.45) is 0. The summed E-state index contributed by atoms with van der Waals surface area (Å²) in [5, 5.41) is 19.9. The molecule has 0 bridgehead atoms. The Morgan fingerprint density at radius 3 is 1.69 bits per heavy atom. The van der Waals surface area contributed by atoms with Crippen LogP contribution in [0.4, 0.5) is 5.69 Å². The molecule has 0 atom stereocenters. The number of nitriles is 1. The van der Waals surface area contributed by atoms with Gasteiger partial charge >= 0.3 is 0 Å². The Labute approximate surface area is 246 Å². The van der Waals surface area contributed by atoms with Crippen molar-refractivity contribution in [3.05, 3.63) is 138 Å². The van der Waals surface area contributed by atoms with Gasteiger partial charge < -0.3 is 5.32 Å². The van der Waals surface area contributed by atoms with Gasteiger partial charge in [0.05, 0.1) is 11.6 Å². The first-order valence-corrected chi connectivity index (χ1v) is 14.3. The number of aryl methyl sites for hydroxylation is 2. The predicted octanol–water partition coefficient (Wildman–Crippen LogP) is 10.7. The van der Waals surface area contributed by atoms with E-state index in [-0.39, 0.29) is 0 Å². The van der Waals surface area contributed by atoms with Gasteiger partial charge in [-0.05, 0) is 122 Å². The highest BCUT2D eigenvalue weighted by molar-refractivity contribution is 6.26. The summed E-state index contributed by atoms with van der Waals surface area (Å²) in [6, 6.07) is 45.9. The number of hydrogen-bond acceptors (Lipinski definition) is 2. The molecule has 0 saturated heterocycles. The fourth-order valence-electron chi connectivity index (χ4n) is 6.15. The molecule has 0 amide bonds. The first-order valence-electron chi connectivity index (χ1n) is 14.3. The zero-order valence-corrected chi connectivity index (χ0v) is 24.0. The van der Waals surface area contributed by atoms with Crippen LogP contribution in [0.25, 0.3) is 65.7 Å². The minimum absolute atomic E-state index is 0.684. The molecule has 0 aliphatic carbocycles. The number of nitrogens with zero attached hydrogens (tertiary/aromatic N) is 1. The third-order valence-electron chi connectivity index (χ3n) is 8.49. The van der Waals surface area contributed by atoms with E-state index in [2.05, 4.69) is 134 Å². The SMILES string of the molecule is CNc1ccc(-c2ccc(-c3ccc(C)c(-c4ccc5c6cc(C#N)ccc6c6ccc(C)cc6c5c4)c3)cc2)cc1. The van der Waals surface area contributed by atoms with Crippen LogP contribution in [0.3, 0.4) is 0 Å². The van der Waals surface area contributed by atoms with E-state index >= 15 is 0 Å². The van der Waals surface area contributed by atoms with Crippen LogP contribution in [0.1, 0.15) is 16.7 Å². The third kappa shape index (κ3) is 4.37. The van der Waals surface area contributed by atoms with Crippen molar-refractivity contribution in [1.82, 2.24) is 0 Å². The molecule has 0 saturated carbocycles. The molecule has 0 radical (unpaired) electrons. The number of rotatable bonds is 4. The van der Waals surface area contributed by atoms with Crippen LogP contribution in [0.5, 0.6) is 0 Å². The fourth-order valence-corrected chi connectivity index (χ4v) is 6.15. The average Bonchev–Trinajstić information content (AvgIpc) is 3.04. The van der Waals surface area contributed by atoms with Crippen molar-refractivity contribution in [2.24, 2.45) is 0 Å². The van der Waals surface area contributed by atoms with E-state index in [4.69, 9.17) is 0 Å². The van der Waals surface area contributed by atoms with Crippen LogP contribution in [0.15, 0.2) is 121 Å². The molecule has 2 nitrogen and oxygen atoms in total. The minimum atomic E-state index is 0.684. The van der Waals surface area contributed by atoms with Crippen LogP contribution in [-0.4, -0.2) is 7.05 Å². The second-order valence-corrected chi connectivity index (χ2v) is 11.1. The van der Waals surface area contributed by atoms with Crippen LogP contribution < -0.4 is 5.32 Å². The van der Waals surface area contributed by atoms with E-state index in [1.165, 1.54) is 71.4 Å². The lowest BCUT2D eigenvalue weighted by Gasteiger charge is -2.15. The van der Waals surface area contributed by atoms with Gasteiger partial charge in [0.15, 0.2) is 0 Å². The molecule has 7 rings (SSSR count). The smallest absolute Gasteiger partial charge is 0.0991 e. The molecule has 0 fully saturated rings. The first kappa shape index (κ1) is 25.6. The first-order chi connectivity index (χ1) is 20.5. The maximum atomic E-state index is 9.60. The standard InChI is InChI=1S/C40H30N2/c1-25-4-17-34-35-18-6-27(24-41)21-39(35)36-19-14-32(23-40(36)38(34)20-25)37-22-31(7-5-26(37)2)30-10-8-28(9-11-30)29-12-15-33(42-3)16-13-29/h4-23,42H,1-3H3. The number of anilines is 1. The van der Waals surface area contributed by atoms with E-state index in [0.717, 1.165) is 11.1 Å². The summed E-state index contributed by atoms with van der Waals surface area (Å²) >= 11 is 0. The molecular weight excluding hydrogens is 508 g/mol. The van der Waals surface area contributed by atoms with Gasteiger partial charge in [-0.1, -0.05) is 90.5 Å². The topological polar surface area (TPSA) is 35.8 Å². The van der Waals surface area contributed by atoms with Gasteiger partial charge in [-0.2, -0.15) is 5.26 Å². The summed E-state index contributed by atoms with van der Waals surface area (Å²) in [5.74, 6) is 0. The molecule has 0 unspecified atom stereocenters. The Morgan fingerprint density at radius 1 is 0.476 bits per heavy atom. The zero-order valence-electron chi connectivity index (χ0n) is 24.0. The number of fused-ring (bicyclic) bond motifs is 6. The maximum Gasteiger partial charge on any atom is 0.0991 e. The number of benzene rings is 7. The van der Waals surface area contributed by atoms with Crippen molar-refractivity contribution in [2.75, 3.05) is 12.4 Å². The predicted molar refractivity (Wildman–Crippen MR) is 179 cm³/mol. The van der Waals surface area contributed by atoms with Gasteiger partial charge in [-0.25, -0.2) is 0 Å². The lowest BCUT2D eigenvalue weighted by Crippen LogP contribution is -1.89. The van der Waals surface area contributed by atoms with Crippen molar-refractivity contribution in [1.29, 1.82) is 5.26 Å². The Hall–Kier alpha value is -5.39. The quantitative estimate of drug-likeness (QED) is 0.226. The van der Waals surface area contributed by atoms with Gasteiger partial charge in [0.2, 0.25) is 0 Å². The lowest BCUT2D eigenvalue weighted by atomic mass is 9.89. The number of nitrogens with one attached hydrogen (secondary N) is 1. The van der Waals surface area contributed by atoms with Crippen LogP contribution in [0, 0.1) is 25.2 Å². The molecule has 1 N–H and O–H groups in total. The van der Waals surface area contributed by atoms with Gasteiger partial charge in [-0.15, -0.1) is 0 Å². The molecule has 7 aromatic rings. The Morgan fingerprint density at radius 2 is 1.00 bits per heavy atom. The zero-order chi connectivity index (χ0) is 28.8. The van der Waals surface area contributed by atoms with E-state index in [9.17, 15) is 5.26 Å². The summed E-state index contributed by atoms with van der Waals surface area (Å²) in [7, 11) is 1.94. The van der Waals surface area contributed by atoms with Crippen molar-refractivity contribution >= 4 is 38.0 Å². The molecule has 0 aliphatic heterocycles. The Kier molecular flexibility index (Phi) is 6.22. The average molecular weight is 539 g/mol. The van der Waals surface area contributed by atoms with E-state index < -0.39 is 0 Å². The maximum absolute atomic E-state index is 9.60. The van der Waals surface area contributed by atoms with Crippen LogP contribution >= 0.6 is 0 Å². The molecule has 0 aromatic heterocycles. The molecular formula is C40H30N2. The van der Waals surface area contributed by atoms with E-state index in [0.29, 0.717) is 5.56 Å². The van der Waals surface area contributed by atoms with E-state index in [1.807, 2.05) is 19.2 Å². The summed E-state index contributed by atoms with van der Waals surface area (Å²) in [5.41, 5.74) is 11.5. The molecule has 0 heterocycles. The summed E-state index contributed by atoms with van der Waals surface area (Å²) < 4.78 is 0. The molecule has 0 aliphatic rings. The fraction of sp³-hybridized carbons (Fsp3) is 0.0750. The minimum Gasteiger partial charge on any atom is -0.388 e. The second-order valence-electron chi connectivity index (χ2n) is 11.1. The second kappa shape index (κ2) is 10.2. The Bertz CT molecular complexity index is 2180. The lowest BCUT2D eigenvalue weighted by molar-refractivity contribution is 1.46. The summed E-state index contributed by atoms with van der Waals surface area (Å²) in [4.78, 5) is 0. The van der Waals surface area contributed by atoms with Crippen molar-refractivity contribution < 1.29 is 0 Å². The third-order valence-corrected chi connectivity index (χ3v) is 8.49. The highest BCUT2D eigenvalue weighted by Gasteiger charge is 2.13. The highest BCUT2D eigenvalue weighted by Crippen LogP contribution is 2.39. The van der Waals surface area contributed by atoms with E-state index in [1.54, 1.807) is 0 Å². The van der Waals surface area contributed by atoms with Crippen molar-refractivity contribution in [3.63, 3.8) is 0 Å². The van der Waals surface area contributed by atoms with Gasteiger partial charge in [0, 0.05) is 12.7 Å². The number of hydrogen-bond donors (Lipinski definition) is 1. The summed E-state index contributed by atoms with van der Waals surface area (Å²) in [6.45, 7) is 4.33. The van der Waals surface area contributed by atoms with Crippen LogP contribution in [0.2, 0.25) is 0 Å². The molecule has 0 spiro atoms.